The highest BCUT2D eigenvalue weighted by Crippen LogP contribution is 2.22. The number of benzene rings is 1. The summed E-state index contributed by atoms with van der Waals surface area (Å²) in [6.45, 7) is 1.39. The number of morpholine rings is 1. The molecule has 0 aliphatic carbocycles. The van der Waals surface area contributed by atoms with Crippen LogP contribution < -0.4 is 10.6 Å². The number of amides is 4. The fourth-order valence-corrected chi connectivity index (χ4v) is 2.65. The Morgan fingerprint density at radius 1 is 1.27 bits per heavy atom. The van der Waals surface area contributed by atoms with E-state index >= 15 is 0 Å². The van der Waals surface area contributed by atoms with E-state index in [0.717, 1.165) is 5.56 Å². The lowest BCUT2D eigenvalue weighted by molar-refractivity contribution is -0.140. The van der Waals surface area contributed by atoms with Gasteiger partial charge in [0.2, 0.25) is 5.91 Å². The molecule has 2 aliphatic heterocycles. The monoisotopic (exact) mass is 303 g/mol. The zero-order valence-corrected chi connectivity index (χ0v) is 12.0. The molecular formula is C15H17N3O4. The maximum atomic E-state index is 12.3. The van der Waals surface area contributed by atoms with Gasteiger partial charge in [-0.2, -0.15) is 0 Å². The normalized spacial score (nSPS) is 24.8. The summed E-state index contributed by atoms with van der Waals surface area (Å²) >= 11 is 0. The van der Waals surface area contributed by atoms with Crippen molar-refractivity contribution in [2.45, 2.75) is 18.6 Å². The van der Waals surface area contributed by atoms with Crippen molar-refractivity contribution < 1.29 is 19.1 Å². The first-order chi connectivity index (χ1) is 10.6. The number of rotatable bonds is 3. The number of hydrogen-bond donors (Lipinski definition) is 2. The van der Waals surface area contributed by atoms with Crippen LogP contribution in [0.2, 0.25) is 0 Å². The Morgan fingerprint density at radius 2 is 2.05 bits per heavy atom. The van der Waals surface area contributed by atoms with Crippen LogP contribution in [0.4, 0.5) is 4.79 Å². The fraction of sp³-hybridized carbons (Fsp3) is 0.400. The molecule has 1 aromatic carbocycles. The number of carbonyl (C=O) groups excluding carboxylic acids is 3. The third kappa shape index (κ3) is 3.09. The average molecular weight is 303 g/mol. The molecule has 22 heavy (non-hydrogen) atoms. The Hall–Kier alpha value is -2.41. The van der Waals surface area contributed by atoms with E-state index in [4.69, 9.17) is 4.74 Å². The second-order valence-electron chi connectivity index (χ2n) is 5.33. The van der Waals surface area contributed by atoms with Crippen LogP contribution in [0.1, 0.15) is 18.1 Å². The van der Waals surface area contributed by atoms with Crippen molar-refractivity contribution in [1.29, 1.82) is 0 Å². The summed E-state index contributed by atoms with van der Waals surface area (Å²) in [5.41, 5.74) is 1.02. The summed E-state index contributed by atoms with van der Waals surface area (Å²) in [5, 5.41) is 4.56. The molecule has 2 saturated heterocycles. The van der Waals surface area contributed by atoms with Crippen molar-refractivity contribution in [3.63, 3.8) is 0 Å². The minimum absolute atomic E-state index is 0.0287. The highest BCUT2D eigenvalue weighted by Gasteiger charge is 2.34. The summed E-state index contributed by atoms with van der Waals surface area (Å²) < 4.78 is 5.71. The molecule has 4 amide bonds. The van der Waals surface area contributed by atoms with Gasteiger partial charge in [-0.15, -0.1) is 0 Å². The molecule has 1 aromatic rings. The van der Waals surface area contributed by atoms with Crippen LogP contribution >= 0.6 is 0 Å². The first kappa shape index (κ1) is 14.5. The third-order valence-corrected chi connectivity index (χ3v) is 3.83. The van der Waals surface area contributed by atoms with Crippen molar-refractivity contribution in [2.75, 3.05) is 19.7 Å². The minimum atomic E-state index is -0.780. The molecule has 2 heterocycles. The molecule has 0 unspecified atom stereocenters. The van der Waals surface area contributed by atoms with E-state index in [1.165, 1.54) is 0 Å². The Morgan fingerprint density at radius 3 is 2.73 bits per heavy atom. The largest absolute Gasteiger partial charge is 0.370 e. The Balaban J connectivity index is 1.61. The lowest BCUT2D eigenvalue weighted by Gasteiger charge is -2.33. The van der Waals surface area contributed by atoms with E-state index in [2.05, 4.69) is 10.6 Å². The molecule has 116 valence electrons. The molecule has 0 saturated carbocycles. The Labute approximate surface area is 127 Å². The van der Waals surface area contributed by atoms with E-state index in [9.17, 15) is 14.4 Å². The van der Waals surface area contributed by atoms with Crippen LogP contribution in [0.3, 0.4) is 0 Å². The standard InChI is InChI=1S/C15H17N3O4/c19-13(8-11-14(20)17-15(21)16-11)18-6-7-22-12(9-18)10-4-2-1-3-5-10/h1-5,11-12H,6-9H2,(H2,16,17,20,21)/t11-,12-/m0/s1. The zero-order chi connectivity index (χ0) is 15.5. The molecule has 2 aliphatic rings. The molecule has 0 spiro atoms. The van der Waals surface area contributed by atoms with Gasteiger partial charge in [-0.25, -0.2) is 4.79 Å². The molecular weight excluding hydrogens is 286 g/mol. The average Bonchev–Trinajstić information content (AvgIpc) is 2.86. The van der Waals surface area contributed by atoms with Gasteiger partial charge >= 0.3 is 6.03 Å². The summed E-state index contributed by atoms with van der Waals surface area (Å²) in [6.07, 6.45) is -0.190. The number of ether oxygens (including phenoxy) is 1. The first-order valence-corrected chi connectivity index (χ1v) is 7.19. The third-order valence-electron chi connectivity index (χ3n) is 3.83. The number of hydrogen-bond acceptors (Lipinski definition) is 4. The number of carbonyl (C=O) groups is 3. The molecule has 7 heteroatoms. The second kappa shape index (κ2) is 6.15. The fourth-order valence-electron chi connectivity index (χ4n) is 2.65. The van der Waals surface area contributed by atoms with Gasteiger partial charge in [0.15, 0.2) is 0 Å². The molecule has 2 fully saturated rings. The first-order valence-electron chi connectivity index (χ1n) is 7.19. The predicted molar refractivity (Wildman–Crippen MR) is 76.8 cm³/mol. The van der Waals surface area contributed by atoms with Crippen LogP contribution in [0, 0.1) is 0 Å². The lowest BCUT2D eigenvalue weighted by atomic mass is 10.1. The minimum Gasteiger partial charge on any atom is -0.370 e. The van der Waals surface area contributed by atoms with Crippen molar-refractivity contribution in [1.82, 2.24) is 15.5 Å². The molecule has 0 aromatic heterocycles. The number of nitrogens with zero attached hydrogens (tertiary/aromatic N) is 1. The van der Waals surface area contributed by atoms with Crippen LogP contribution in [0.15, 0.2) is 30.3 Å². The van der Waals surface area contributed by atoms with Gasteiger partial charge in [0.25, 0.3) is 5.91 Å². The predicted octanol–water partition coefficient (Wildman–Crippen LogP) is 0.185. The molecule has 2 N–H and O–H groups in total. The number of imide groups is 1. The highest BCUT2D eigenvalue weighted by molar-refractivity contribution is 6.05. The smallest absolute Gasteiger partial charge is 0.322 e. The molecule has 0 radical (unpaired) electrons. The Kier molecular flexibility index (Phi) is 4.06. The van der Waals surface area contributed by atoms with E-state index in [0.29, 0.717) is 19.7 Å². The van der Waals surface area contributed by atoms with E-state index in [-0.39, 0.29) is 18.4 Å². The van der Waals surface area contributed by atoms with Gasteiger partial charge in [0, 0.05) is 6.54 Å². The molecule has 2 atom stereocenters. The van der Waals surface area contributed by atoms with Gasteiger partial charge < -0.3 is 15.0 Å². The summed E-state index contributed by atoms with van der Waals surface area (Å²) in [4.78, 5) is 36.6. The summed E-state index contributed by atoms with van der Waals surface area (Å²) in [7, 11) is 0. The van der Waals surface area contributed by atoms with E-state index < -0.39 is 18.0 Å². The van der Waals surface area contributed by atoms with Crippen molar-refractivity contribution >= 4 is 17.8 Å². The molecule has 3 rings (SSSR count). The van der Waals surface area contributed by atoms with Crippen molar-refractivity contribution in [3.05, 3.63) is 35.9 Å². The lowest BCUT2D eigenvalue weighted by Crippen LogP contribution is -2.45. The maximum Gasteiger partial charge on any atom is 0.322 e. The van der Waals surface area contributed by atoms with Crippen molar-refractivity contribution in [3.8, 4) is 0 Å². The SMILES string of the molecule is O=C1NC(=O)[C@H](CC(=O)N2CCO[C@H](c3ccccc3)C2)N1. The maximum absolute atomic E-state index is 12.3. The van der Waals surface area contributed by atoms with Gasteiger partial charge in [-0.1, -0.05) is 30.3 Å². The number of urea groups is 1. The van der Waals surface area contributed by atoms with Crippen LogP contribution in [0.5, 0.6) is 0 Å². The van der Waals surface area contributed by atoms with Crippen molar-refractivity contribution in [2.24, 2.45) is 0 Å². The number of nitrogens with one attached hydrogen (secondary N) is 2. The molecule has 7 nitrogen and oxygen atoms in total. The zero-order valence-electron chi connectivity index (χ0n) is 12.0. The Bertz CT molecular complexity index is 590. The quantitative estimate of drug-likeness (QED) is 0.780. The summed E-state index contributed by atoms with van der Waals surface area (Å²) in [5.74, 6) is -0.613. The van der Waals surface area contributed by atoms with Gasteiger partial charge in [0.05, 0.1) is 19.6 Å². The van der Waals surface area contributed by atoms with Gasteiger partial charge in [-0.3, -0.25) is 14.9 Å². The topological polar surface area (TPSA) is 87.7 Å². The van der Waals surface area contributed by atoms with E-state index in [1.54, 1.807) is 4.90 Å². The van der Waals surface area contributed by atoms with Crippen LogP contribution in [0.25, 0.3) is 0 Å². The molecule has 0 bridgehead atoms. The highest BCUT2D eigenvalue weighted by atomic mass is 16.5. The van der Waals surface area contributed by atoms with Crippen LogP contribution in [-0.2, 0) is 14.3 Å². The van der Waals surface area contributed by atoms with Gasteiger partial charge in [0.1, 0.15) is 12.1 Å². The van der Waals surface area contributed by atoms with Gasteiger partial charge in [-0.05, 0) is 5.56 Å². The van der Waals surface area contributed by atoms with Crippen LogP contribution in [-0.4, -0.2) is 48.5 Å². The van der Waals surface area contributed by atoms with E-state index in [1.807, 2.05) is 30.3 Å². The second-order valence-corrected chi connectivity index (χ2v) is 5.33. The summed E-state index contributed by atoms with van der Waals surface area (Å²) in [6, 6.07) is 8.38.